The molecule has 1 aromatic carbocycles. The Hall–Kier alpha value is -1.56. The zero-order chi connectivity index (χ0) is 15.1. The SMILES string of the molecule is CCCC(OC[NH+]1C=CN(C)C1/C=N\O)c1ccccc1.[Cl-]. The highest BCUT2D eigenvalue weighted by atomic mass is 35.5. The Morgan fingerprint density at radius 2 is 2.14 bits per heavy atom. The first kappa shape index (κ1) is 18.5. The molecule has 122 valence electrons. The lowest BCUT2D eigenvalue weighted by atomic mass is 10.1. The third-order valence-electron chi connectivity index (χ3n) is 3.72. The van der Waals surface area contributed by atoms with E-state index in [-0.39, 0.29) is 24.7 Å². The highest BCUT2D eigenvalue weighted by Gasteiger charge is 2.28. The van der Waals surface area contributed by atoms with Gasteiger partial charge in [-0.25, -0.2) is 0 Å². The van der Waals surface area contributed by atoms with Crippen LogP contribution in [0.15, 0.2) is 47.9 Å². The summed E-state index contributed by atoms with van der Waals surface area (Å²) in [6.07, 6.45) is 7.68. The number of quaternary nitrogens is 1. The molecule has 3 atom stereocenters. The second kappa shape index (κ2) is 9.46. The van der Waals surface area contributed by atoms with E-state index in [0.717, 1.165) is 17.7 Å². The molecule has 0 bridgehead atoms. The maximum Gasteiger partial charge on any atom is 0.209 e. The Morgan fingerprint density at radius 1 is 1.41 bits per heavy atom. The first-order chi connectivity index (χ1) is 10.3. The van der Waals surface area contributed by atoms with Gasteiger partial charge in [-0.2, -0.15) is 0 Å². The van der Waals surface area contributed by atoms with Gasteiger partial charge in [0, 0.05) is 7.05 Å². The highest BCUT2D eigenvalue weighted by molar-refractivity contribution is 5.61. The van der Waals surface area contributed by atoms with Gasteiger partial charge in [0.15, 0.2) is 6.73 Å². The lowest BCUT2D eigenvalue weighted by Gasteiger charge is -2.24. The number of oxime groups is 1. The Bertz CT molecular complexity index is 482. The van der Waals surface area contributed by atoms with Crippen molar-refractivity contribution in [1.82, 2.24) is 4.90 Å². The lowest BCUT2D eigenvalue weighted by molar-refractivity contribution is -0.887. The molecular weight excluding hydrogens is 302 g/mol. The second-order valence-corrected chi connectivity index (χ2v) is 5.26. The molecule has 0 amide bonds. The number of nitrogens with zero attached hydrogens (tertiary/aromatic N) is 2. The molecule has 0 saturated carbocycles. The van der Waals surface area contributed by atoms with Gasteiger partial charge in [-0.05, 0) is 12.0 Å². The first-order valence-electron chi connectivity index (χ1n) is 7.36. The van der Waals surface area contributed by atoms with Crippen molar-refractivity contribution in [2.24, 2.45) is 5.16 Å². The quantitative estimate of drug-likeness (QED) is 0.368. The summed E-state index contributed by atoms with van der Waals surface area (Å²) in [5, 5.41) is 11.9. The fraction of sp³-hybridized carbons (Fsp3) is 0.438. The van der Waals surface area contributed by atoms with E-state index in [1.807, 2.05) is 42.5 Å². The van der Waals surface area contributed by atoms with Crippen molar-refractivity contribution in [1.29, 1.82) is 0 Å². The van der Waals surface area contributed by atoms with Crippen molar-refractivity contribution in [3.8, 4) is 0 Å². The number of hydrogen-bond donors (Lipinski definition) is 2. The Labute approximate surface area is 138 Å². The van der Waals surface area contributed by atoms with Crippen molar-refractivity contribution in [2.75, 3.05) is 13.8 Å². The summed E-state index contributed by atoms with van der Waals surface area (Å²) < 4.78 is 6.12. The number of nitrogens with one attached hydrogen (secondary N) is 1. The summed E-state index contributed by atoms with van der Waals surface area (Å²) in [7, 11) is 1.95. The van der Waals surface area contributed by atoms with E-state index in [0.29, 0.717) is 6.73 Å². The summed E-state index contributed by atoms with van der Waals surface area (Å²) in [6.45, 7) is 2.70. The van der Waals surface area contributed by atoms with Gasteiger partial charge in [-0.3, -0.25) is 4.90 Å². The van der Waals surface area contributed by atoms with Crippen LogP contribution in [-0.4, -0.2) is 36.3 Å². The van der Waals surface area contributed by atoms with Crippen LogP contribution in [-0.2, 0) is 4.74 Å². The molecule has 0 radical (unpaired) electrons. The van der Waals surface area contributed by atoms with Gasteiger partial charge >= 0.3 is 0 Å². The summed E-state index contributed by atoms with van der Waals surface area (Å²) in [5.74, 6) is 0. The second-order valence-electron chi connectivity index (χ2n) is 5.26. The summed E-state index contributed by atoms with van der Waals surface area (Å²) in [6, 6.07) is 10.3. The van der Waals surface area contributed by atoms with Gasteiger partial charge < -0.3 is 27.3 Å². The zero-order valence-corrected chi connectivity index (χ0v) is 13.8. The average Bonchev–Trinajstić information content (AvgIpc) is 2.86. The normalized spacial score (nSPS) is 22.0. The highest BCUT2D eigenvalue weighted by Crippen LogP contribution is 2.21. The number of ether oxygens (including phenoxy) is 1. The molecule has 6 heteroatoms. The topological polar surface area (TPSA) is 49.5 Å². The minimum Gasteiger partial charge on any atom is -1.00 e. The summed E-state index contributed by atoms with van der Waals surface area (Å²) in [4.78, 5) is 3.10. The molecule has 5 nitrogen and oxygen atoms in total. The fourth-order valence-electron chi connectivity index (χ4n) is 2.54. The van der Waals surface area contributed by atoms with E-state index in [2.05, 4.69) is 24.2 Å². The standard InChI is InChI=1S/C16H23N3O2.ClH/c1-3-7-15(14-8-5-4-6-9-14)21-13-19-11-10-18(2)16(19)12-17-20;/h4-6,8-12,15-16,20H,3,7,13H2,1-2H3;1H/b17-12-;. The van der Waals surface area contributed by atoms with E-state index < -0.39 is 0 Å². The third kappa shape index (κ3) is 4.73. The van der Waals surface area contributed by atoms with E-state index in [1.54, 1.807) is 0 Å². The molecular formula is C16H24ClN3O2. The molecule has 1 aromatic rings. The van der Waals surface area contributed by atoms with Crippen molar-refractivity contribution in [3.05, 3.63) is 48.3 Å². The Kier molecular flexibility index (Phi) is 7.95. The van der Waals surface area contributed by atoms with E-state index in [4.69, 9.17) is 9.94 Å². The van der Waals surface area contributed by atoms with E-state index in [9.17, 15) is 0 Å². The van der Waals surface area contributed by atoms with E-state index in [1.165, 1.54) is 11.8 Å². The van der Waals surface area contributed by atoms with Crippen LogP contribution in [0.2, 0.25) is 0 Å². The Morgan fingerprint density at radius 3 is 2.77 bits per heavy atom. The largest absolute Gasteiger partial charge is 1.00 e. The summed E-state index contributed by atoms with van der Waals surface area (Å²) >= 11 is 0. The molecule has 22 heavy (non-hydrogen) atoms. The monoisotopic (exact) mass is 325 g/mol. The smallest absolute Gasteiger partial charge is 0.209 e. The average molecular weight is 326 g/mol. The van der Waals surface area contributed by atoms with Gasteiger partial charge in [-0.1, -0.05) is 48.8 Å². The van der Waals surface area contributed by atoms with Crippen molar-refractivity contribution < 1.29 is 27.3 Å². The lowest BCUT2D eigenvalue weighted by Crippen LogP contribution is -3.12. The van der Waals surface area contributed by atoms with E-state index >= 15 is 0 Å². The van der Waals surface area contributed by atoms with Crippen molar-refractivity contribution in [2.45, 2.75) is 32.0 Å². The molecule has 0 aliphatic carbocycles. The zero-order valence-electron chi connectivity index (χ0n) is 13.0. The molecule has 1 aliphatic heterocycles. The predicted molar refractivity (Wildman–Crippen MR) is 82.0 cm³/mol. The van der Waals surface area contributed by atoms with Crippen LogP contribution in [0.1, 0.15) is 31.4 Å². The van der Waals surface area contributed by atoms with Gasteiger partial charge in [0.05, 0.1) is 12.3 Å². The maximum absolute atomic E-state index is 8.76. The molecule has 0 spiro atoms. The molecule has 1 aliphatic rings. The minimum atomic E-state index is -0.0203. The molecule has 0 saturated heterocycles. The molecule has 0 fully saturated rings. The molecule has 3 unspecified atom stereocenters. The predicted octanol–water partition coefficient (Wildman–Crippen LogP) is -1.41. The number of benzene rings is 1. The summed E-state index contributed by atoms with van der Waals surface area (Å²) in [5.41, 5.74) is 1.21. The van der Waals surface area contributed by atoms with Crippen LogP contribution >= 0.6 is 0 Å². The fourth-order valence-corrected chi connectivity index (χ4v) is 2.54. The van der Waals surface area contributed by atoms with Gasteiger partial charge in [0.2, 0.25) is 6.17 Å². The molecule has 0 aromatic heterocycles. The molecule has 2 N–H and O–H groups in total. The number of halogens is 1. The van der Waals surface area contributed by atoms with Crippen molar-refractivity contribution in [3.63, 3.8) is 0 Å². The Balaban J connectivity index is 0.00000242. The van der Waals surface area contributed by atoms with Gasteiger partial charge in [0.25, 0.3) is 0 Å². The van der Waals surface area contributed by atoms with Crippen LogP contribution in [0.5, 0.6) is 0 Å². The number of rotatable bonds is 7. The van der Waals surface area contributed by atoms with Crippen LogP contribution in [0, 0.1) is 0 Å². The molecule has 2 rings (SSSR count). The van der Waals surface area contributed by atoms with Crippen LogP contribution in [0.25, 0.3) is 0 Å². The third-order valence-corrected chi connectivity index (χ3v) is 3.72. The minimum absolute atomic E-state index is 0. The maximum atomic E-state index is 8.76. The van der Waals surface area contributed by atoms with Crippen LogP contribution in [0.4, 0.5) is 0 Å². The first-order valence-corrected chi connectivity index (χ1v) is 7.36. The van der Waals surface area contributed by atoms with Gasteiger partial charge in [0.1, 0.15) is 12.4 Å². The molecule has 1 heterocycles. The van der Waals surface area contributed by atoms with Gasteiger partial charge in [-0.15, -0.1) is 0 Å². The van der Waals surface area contributed by atoms with Crippen LogP contribution < -0.4 is 17.3 Å². The number of hydrogen-bond acceptors (Lipinski definition) is 4. The van der Waals surface area contributed by atoms with Crippen LogP contribution in [0.3, 0.4) is 0 Å². The van der Waals surface area contributed by atoms with Crippen molar-refractivity contribution >= 4 is 6.21 Å².